The summed E-state index contributed by atoms with van der Waals surface area (Å²) in [6.07, 6.45) is 0.845. The minimum Gasteiger partial charge on any atom is -0.491 e. The second-order valence-electron chi connectivity index (χ2n) is 4.26. The molecule has 2 heterocycles. The number of ether oxygens (including phenoxy) is 1. The highest BCUT2D eigenvalue weighted by molar-refractivity contribution is 5.85. The van der Waals surface area contributed by atoms with Gasteiger partial charge in [-0.3, -0.25) is 0 Å². The molecule has 19 heavy (non-hydrogen) atoms. The molecule has 0 saturated carbocycles. The van der Waals surface area contributed by atoms with Gasteiger partial charge in [0.2, 0.25) is 11.6 Å². The van der Waals surface area contributed by atoms with Crippen LogP contribution >= 0.6 is 0 Å². The lowest BCUT2D eigenvalue weighted by Crippen LogP contribution is -2.16. The van der Waals surface area contributed by atoms with Crippen molar-refractivity contribution in [2.24, 2.45) is 0 Å². The zero-order chi connectivity index (χ0) is 13.2. The maximum Gasteiger partial charge on any atom is 0.371 e. The Morgan fingerprint density at radius 3 is 2.84 bits per heavy atom. The first kappa shape index (κ1) is 11.6. The standard InChI is InChI=1S/C14H13NO4/c16-14(17)12-6-7-13(19-12)15-8-3-9-18-11-5-2-1-4-10(11)15/h1-2,4-7H,3,8-9H2,(H,16,17). The van der Waals surface area contributed by atoms with Crippen LogP contribution in [0.15, 0.2) is 40.8 Å². The molecule has 3 rings (SSSR count). The minimum atomic E-state index is -1.06. The molecule has 98 valence electrons. The predicted octanol–water partition coefficient (Wildman–Crippen LogP) is 2.90. The summed E-state index contributed by atoms with van der Waals surface area (Å²) in [4.78, 5) is 12.8. The Labute approximate surface area is 110 Å². The molecule has 0 bridgehead atoms. The van der Waals surface area contributed by atoms with Gasteiger partial charge < -0.3 is 19.2 Å². The molecule has 0 fully saturated rings. The van der Waals surface area contributed by atoms with E-state index in [-0.39, 0.29) is 5.76 Å². The molecule has 0 saturated heterocycles. The van der Waals surface area contributed by atoms with Crippen molar-refractivity contribution < 1.29 is 19.1 Å². The highest BCUT2D eigenvalue weighted by atomic mass is 16.5. The molecule has 1 aromatic heterocycles. The summed E-state index contributed by atoms with van der Waals surface area (Å²) < 4.78 is 11.0. The summed E-state index contributed by atoms with van der Waals surface area (Å²) >= 11 is 0. The highest BCUT2D eigenvalue weighted by Gasteiger charge is 2.21. The summed E-state index contributed by atoms with van der Waals surface area (Å²) in [5.74, 6) is 0.187. The molecule has 5 nitrogen and oxygen atoms in total. The number of benzene rings is 1. The van der Waals surface area contributed by atoms with E-state index in [1.54, 1.807) is 6.07 Å². The predicted molar refractivity (Wildman–Crippen MR) is 69.2 cm³/mol. The number of aromatic carboxylic acids is 1. The van der Waals surface area contributed by atoms with Crippen LogP contribution in [0.25, 0.3) is 0 Å². The zero-order valence-electron chi connectivity index (χ0n) is 10.2. The molecule has 0 unspecified atom stereocenters. The first-order valence-corrected chi connectivity index (χ1v) is 6.08. The molecule has 1 N–H and O–H groups in total. The van der Waals surface area contributed by atoms with Crippen molar-refractivity contribution in [3.63, 3.8) is 0 Å². The van der Waals surface area contributed by atoms with Gasteiger partial charge in [0.15, 0.2) is 0 Å². The normalized spacial score (nSPS) is 14.4. The number of hydrogen-bond donors (Lipinski definition) is 1. The number of anilines is 2. The number of carboxylic acid groups (broad SMARTS) is 1. The second-order valence-corrected chi connectivity index (χ2v) is 4.26. The van der Waals surface area contributed by atoms with E-state index in [4.69, 9.17) is 14.3 Å². The van der Waals surface area contributed by atoms with Crippen LogP contribution in [0.2, 0.25) is 0 Å². The van der Waals surface area contributed by atoms with Crippen molar-refractivity contribution in [3.8, 4) is 5.75 Å². The van der Waals surface area contributed by atoms with Gasteiger partial charge in [0.05, 0.1) is 12.3 Å². The quantitative estimate of drug-likeness (QED) is 0.898. The molecule has 0 amide bonds. The molecular formula is C14H13NO4. The van der Waals surface area contributed by atoms with Crippen LogP contribution in [-0.4, -0.2) is 24.2 Å². The van der Waals surface area contributed by atoms with Gasteiger partial charge >= 0.3 is 5.97 Å². The fraction of sp³-hybridized carbons (Fsp3) is 0.214. The Balaban J connectivity index is 2.01. The Bertz CT molecular complexity index is 605. The van der Waals surface area contributed by atoms with Crippen LogP contribution < -0.4 is 9.64 Å². The maximum atomic E-state index is 10.9. The summed E-state index contributed by atoms with van der Waals surface area (Å²) in [7, 11) is 0. The van der Waals surface area contributed by atoms with Crippen molar-refractivity contribution >= 4 is 17.5 Å². The number of nitrogens with zero attached hydrogens (tertiary/aromatic N) is 1. The molecule has 0 radical (unpaired) electrons. The lowest BCUT2D eigenvalue weighted by molar-refractivity contribution is 0.0663. The van der Waals surface area contributed by atoms with Gasteiger partial charge in [0.25, 0.3) is 0 Å². The van der Waals surface area contributed by atoms with Crippen molar-refractivity contribution in [2.45, 2.75) is 6.42 Å². The first-order valence-electron chi connectivity index (χ1n) is 6.08. The number of carboxylic acids is 1. The highest BCUT2D eigenvalue weighted by Crippen LogP contribution is 2.36. The van der Waals surface area contributed by atoms with Crippen molar-refractivity contribution in [3.05, 3.63) is 42.2 Å². The number of fused-ring (bicyclic) bond motifs is 1. The molecule has 1 aromatic carbocycles. The third kappa shape index (κ3) is 2.14. The van der Waals surface area contributed by atoms with Gasteiger partial charge in [0.1, 0.15) is 5.75 Å². The smallest absolute Gasteiger partial charge is 0.371 e. The number of furan rings is 1. The second kappa shape index (κ2) is 4.68. The van der Waals surface area contributed by atoms with Crippen molar-refractivity contribution in [2.75, 3.05) is 18.1 Å². The summed E-state index contributed by atoms with van der Waals surface area (Å²) in [6.45, 7) is 1.36. The van der Waals surface area contributed by atoms with Gasteiger partial charge in [-0.05, 0) is 24.6 Å². The molecule has 0 aliphatic carbocycles. The third-order valence-electron chi connectivity index (χ3n) is 3.01. The van der Waals surface area contributed by atoms with Crippen LogP contribution in [0.4, 0.5) is 11.6 Å². The van der Waals surface area contributed by atoms with Crippen LogP contribution in [0.3, 0.4) is 0 Å². The molecule has 0 spiro atoms. The van der Waals surface area contributed by atoms with Crippen molar-refractivity contribution in [1.29, 1.82) is 0 Å². The maximum absolute atomic E-state index is 10.9. The number of carbonyl (C=O) groups is 1. The monoisotopic (exact) mass is 259 g/mol. The van der Waals surface area contributed by atoms with Gasteiger partial charge in [-0.1, -0.05) is 12.1 Å². The largest absolute Gasteiger partial charge is 0.491 e. The van der Waals surface area contributed by atoms with Gasteiger partial charge in [-0.25, -0.2) is 4.79 Å². The lowest BCUT2D eigenvalue weighted by Gasteiger charge is -2.20. The molecule has 5 heteroatoms. The van der Waals surface area contributed by atoms with E-state index in [0.29, 0.717) is 12.5 Å². The number of hydrogen-bond acceptors (Lipinski definition) is 4. The minimum absolute atomic E-state index is 0.0577. The van der Waals surface area contributed by atoms with E-state index in [0.717, 1.165) is 24.4 Å². The lowest BCUT2D eigenvalue weighted by atomic mass is 10.2. The Hall–Kier alpha value is -2.43. The molecule has 2 aromatic rings. The van der Waals surface area contributed by atoms with Gasteiger partial charge in [-0.15, -0.1) is 0 Å². The van der Waals surface area contributed by atoms with Crippen molar-refractivity contribution in [1.82, 2.24) is 0 Å². The Morgan fingerprint density at radius 1 is 1.21 bits per heavy atom. The SMILES string of the molecule is O=C(O)c1ccc(N2CCCOc3ccccc32)o1. The van der Waals surface area contributed by atoms with E-state index < -0.39 is 5.97 Å². The summed E-state index contributed by atoms with van der Waals surface area (Å²) in [5.41, 5.74) is 0.895. The van der Waals surface area contributed by atoms with E-state index in [1.165, 1.54) is 6.07 Å². The first-order chi connectivity index (χ1) is 9.25. The Morgan fingerprint density at radius 2 is 2.05 bits per heavy atom. The van der Waals surface area contributed by atoms with Crippen LogP contribution in [0.1, 0.15) is 17.0 Å². The van der Waals surface area contributed by atoms with Gasteiger partial charge in [0, 0.05) is 12.6 Å². The van der Waals surface area contributed by atoms with E-state index in [9.17, 15) is 4.79 Å². The van der Waals surface area contributed by atoms with Crippen LogP contribution in [0, 0.1) is 0 Å². The molecule has 0 atom stereocenters. The van der Waals surface area contributed by atoms with E-state index in [2.05, 4.69) is 0 Å². The molecule has 1 aliphatic rings. The number of rotatable bonds is 2. The Kier molecular flexibility index (Phi) is 2.87. The number of para-hydroxylation sites is 2. The fourth-order valence-corrected chi connectivity index (χ4v) is 2.14. The fourth-order valence-electron chi connectivity index (χ4n) is 2.14. The zero-order valence-corrected chi connectivity index (χ0v) is 10.2. The van der Waals surface area contributed by atoms with Crippen LogP contribution in [-0.2, 0) is 0 Å². The summed E-state index contributed by atoms with van der Waals surface area (Å²) in [6, 6.07) is 10.8. The van der Waals surface area contributed by atoms with E-state index >= 15 is 0 Å². The third-order valence-corrected chi connectivity index (χ3v) is 3.01. The molecule has 1 aliphatic heterocycles. The average Bonchev–Trinajstić information content (AvgIpc) is 2.80. The average molecular weight is 259 g/mol. The van der Waals surface area contributed by atoms with Gasteiger partial charge in [-0.2, -0.15) is 0 Å². The van der Waals surface area contributed by atoms with Crippen LogP contribution in [0.5, 0.6) is 5.75 Å². The molecular weight excluding hydrogens is 246 g/mol. The van der Waals surface area contributed by atoms with E-state index in [1.807, 2.05) is 29.2 Å². The summed E-state index contributed by atoms with van der Waals surface area (Å²) in [5, 5.41) is 8.91. The topological polar surface area (TPSA) is 62.9 Å².